The maximum absolute atomic E-state index is 12.3. The molecule has 4 rings (SSSR count). The predicted octanol–water partition coefficient (Wildman–Crippen LogP) is 5.06. The van der Waals surface area contributed by atoms with Crippen LogP contribution < -0.4 is 5.32 Å². The van der Waals surface area contributed by atoms with Crippen molar-refractivity contribution < 1.29 is 18.7 Å². The molecule has 0 radical (unpaired) electrons. The van der Waals surface area contributed by atoms with Gasteiger partial charge in [0.25, 0.3) is 5.22 Å². The molecule has 0 bridgehead atoms. The average molecular weight is 454 g/mol. The van der Waals surface area contributed by atoms with E-state index in [0.29, 0.717) is 11.6 Å². The second kappa shape index (κ2) is 9.20. The molecule has 0 atom stereocenters. The summed E-state index contributed by atoms with van der Waals surface area (Å²) in [6.45, 7) is 0. The van der Waals surface area contributed by atoms with E-state index in [2.05, 4.69) is 20.3 Å². The zero-order chi connectivity index (χ0) is 21.8. The molecule has 0 spiro atoms. The summed E-state index contributed by atoms with van der Waals surface area (Å²) in [4.78, 5) is 24.0. The minimum absolute atomic E-state index is 0.0490. The van der Waals surface area contributed by atoms with Crippen LogP contribution in [0.3, 0.4) is 0 Å². The van der Waals surface area contributed by atoms with Crippen molar-refractivity contribution in [3.8, 4) is 11.5 Å². The van der Waals surface area contributed by atoms with Gasteiger partial charge in [-0.25, -0.2) is 4.79 Å². The summed E-state index contributed by atoms with van der Waals surface area (Å²) in [7, 11) is 1.26. The first-order valence-corrected chi connectivity index (χ1v) is 10.5. The van der Waals surface area contributed by atoms with Gasteiger partial charge in [0.1, 0.15) is 0 Å². The van der Waals surface area contributed by atoms with E-state index >= 15 is 0 Å². The second-order valence-electron chi connectivity index (χ2n) is 6.42. The van der Waals surface area contributed by atoms with Gasteiger partial charge in [0.2, 0.25) is 11.8 Å². The van der Waals surface area contributed by atoms with E-state index < -0.39 is 5.97 Å². The standard InChI is InChI=1S/C22H16ClN3O4S/c1-29-21(28)17-11-14(9-10-18(17)23)24-19(27)12-31-22-26-25-20(30-22)16-8-4-6-13-5-2-3-7-15(13)16/h2-11H,12H2,1H3,(H,24,27). The van der Waals surface area contributed by atoms with Crippen molar-refractivity contribution in [2.45, 2.75) is 5.22 Å². The first-order valence-electron chi connectivity index (χ1n) is 9.17. The summed E-state index contributed by atoms with van der Waals surface area (Å²) in [5.41, 5.74) is 1.43. The molecule has 0 saturated heterocycles. The topological polar surface area (TPSA) is 94.3 Å². The molecule has 1 N–H and O–H groups in total. The highest BCUT2D eigenvalue weighted by molar-refractivity contribution is 7.99. The van der Waals surface area contributed by atoms with E-state index in [-0.39, 0.29) is 27.5 Å². The molecule has 0 fully saturated rings. The molecular formula is C22H16ClN3O4S. The van der Waals surface area contributed by atoms with Gasteiger partial charge in [0, 0.05) is 11.3 Å². The zero-order valence-electron chi connectivity index (χ0n) is 16.3. The molecule has 0 saturated carbocycles. The summed E-state index contributed by atoms with van der Waals surface area (Å²) < 4.78 is 10.4. The molecule has 1 aromatic heterocycles. The number of esters is 1. The Labute approximate surface area is 186 Å². The van der Waals surface area contributed by atoms with Crippen LogP contribution in [0.4, 0.5) is 5.69 Å². The van der Waals surface area contributed by atoms with Gasteiger partial charge >= 0.3 is 5.97 Å². The summed E-state index contributed by atoms with van der Waals surface area (Å²) in [5, 5.41) is 13.4. The highest BCUT2D eigenvalue weighted by Crippen LogP contribution is 2.29. The third kappa shape index (κ3) is 4.70. The van der Waals surface area contributed by atoms with Gasteiger partial charge in [-0.1, -0.05) is 59.8 Å². The number of hydrogen-bond donors (Lipinski definition) is 1. The molecule has 156 valence electrons. The number of nitrogens with one attached hydrogen (secondary N) is 1. The largest absolute Gasteiger partial charge is 0.465 e. The Morgan fingerprint density at radius 1 is 1.10 bits per heavy atom. The lowest BCUT2D eigenvalue weighted by atomic mass is 10.0. The number of carbonyl (C=O) groups excluding carboxylic acids is 2. The van der Waals surface area contributed by atoms with Crippen LogP contribution in [-0.4, -0.2) is 34.9 Å². The molecule has 1 heterocycles. The zero-order valence-corrected chi connectivity index (χ0v) is 17.9. The molecule has 9 heteroatoms. The van der Waals surface area contributed by atoms with Gasteiger partial charge in [-0.2, -0.15) is 0 Å². The number of fused-ring (bicyclic) bond motifs is 1. The Morgan fingerprint density at radius 3 is 2.74 bits per heavy atom. The second-order valence-corrected chi connectivity index (χ2v) is 7.76. The Kier molecular flexibility index (Phi) is 6.20. The van der Waals surface area contributed by atoms with E-state index in [9.17, 15) is 9.59 Å². The van der Waals surface area contributed by atoms with Crippen LogP contribution >= 0.6 is 23.4 Å². The number of hydrogen-bond acceptors (Lipinski definition) is 7. The van der Waals surface area contributed by atoms with Crippen molar-refractivity contribution in [1.29, 1.82) is 0 Å². The first kappa shape index (κ1) is 20.9. The Balaban J connectivity index is 1.42. The lowest BCUT2D eigenvalue weighted by Crippen LogP contribution is -2.14. The Hall–Kier alpha value is -3.36. The predicted molar refractivity (Wildman–Crippen MR) is 119 cm³/mol. The minimum atomic E-state index is -0.581. The third-order valence-corrected chi connectivity index (χ3v) is 5.56. The van der Waals surface area contributed by atoms with Crippen LogP contribution in [0.1, 0.15) is 10.4 Å². The summed E-state index contributed by atoms with van der Waals surface area (Å²) in [6, 6.07) is 18.3. The molecule has 0 aliphatic carbocycles. The lowest BCUT2D eigenvalue weighted by Gasteiger charge is -2.07. The van der Waals surface area contributed by atoms with Gasteiger partial charge in [-0.15, -0.1) is 10.2 Å². The van der Waals surface area contributed by atoms with E-state index in [1.54, 1.807) is 6.07 Å². The molecule has 0 unspecified atom stereocenters. The van der Waals surface area contributed by atoms with Crippen LogP contribution in [0.15, 0.2) is 70.3 Å². The van der Waals surface area contributed by atoms with E-state index in [4.69, 9.17) is 16.0 Å². The fraction of sp³-hybridized carbons (Fsp3) is 0.0909. The third-order valence-electron chi connectivity index (χ3n) is 4.41. The number of amides is 1. The molecule has 0 aliphatic rings. The fourth-order valence-electron chi connectivity index (χ4n) is 2.98. The quantitative estimate of drug-likeness (QED) is 0.322. The highest BCUT2D eigenvalue weighted by Gasteiger charge is 2.15. The Bertz CT molecular complexity index is 1270. The average Bonchev–Trinajstić information content (AvgIpc) is 3.27. The van der Waals surface area contributed by atoms with E-state index in [1.807, 2.05) is 42.5 Å². The Morgan fingerprint density at radius 2 is 1.90 bits per heavy atom. The van der Waals surface area contributed by atoms with Crippen molar-refractivity contribution in [1.82, 2.24) is 10.2 Å². The van der Waals surface area contributed by atoms with E-state index in [0.717, 1.165) is 28.1 Å². The number of anilines is 1. The number of methoxy groups -OCH3 is 1. The van der Waals surface area contributed by atoms with Crippen molar-refractivity contribution in [2.75, 3.05) is 18.2 Å². The number of ether oxygens (including phenoxy) is 1. The maximum Gasteiger partial charge on any atom is 0.339 e. The molecule has 3 aromatic carbocycles. The van der Waals surface area contributed by atoms with Crippen molar-refractivity contribution in [2.24, 2.45) is 0 Å². The SMILES string of the molecule is COC(=O)c1cc(NC(=O)CSc2nnc(-c3cccc4ccccc34)o2)ccc1Cl. The summed E-state index contributed by atoms with van der Waals surface area (Å²) in [5.74, 6) is -0.441. The van der Waals surface area contributed by atoms with Gasteiger partial charge in [0.15, 0.2) is 0 Å². The van der Waals surface area contributed by atoms with Gasteiger partial charge < -0.3 is 14.5 Å². The number of thioether (sulfide) groups is 1. The van der Waals surface area contributed by atoms with Crippen molar-refractivity contribution in [3.63, 3.8) is 0 Å². The van der Waals surface area contributed by atoms with E-state index in [1.165, 1.54) is 19.2 Å². The molecule has 7 nitrogen and oxygen atoms in total. The number of carbonyl (C=O) groups is 2. The number of aromatic nitrogens is 2. The van der Waals surface area contributed by atoms with Crippen molar-refractivity contribution in [3.05, 3.63) is 71.2 Å². The molecular weight excluding hydrogens is 438 g/mol. The summed E-state index contributed by atoms with van der Waals surface area (Å²) >= 11 is 7.11. The van der Waals surface area contributed by atoms with Crippen LogP contribution in [0.25, 0.3) is 22.2 Å². The highest BCUT2D eigenvalue weighted by atomic mass is 35.5. The molecule has 4 aromatic rings. The number of nitrogens with zero attached hydrogens (tertiary/aromatic N) is 2. The lowest BCUT2D eigenvalue weighted by molar-refractivity contribution is -0.113. The van der Waals surface area contributed by atoms with Gasteiger partial charge in [0.05, 0.1) is 23.4 Å². The monoisotopic (exact) mass is 453 g/mol. The molecule has 31 heavy (non-hydrogen) atoms. The van der Waals surface area contributed by atoms with Gasteiger partial charge in [-0.3, -0.25) is 4.79 Å². The smallest absolute Gasteiger partial charge is 0.339 e. The van der Waals surface area contributed by atoms with Crippen molar-refractivity contribution >= 4 is 51.7 Å². The fourth-order valence-corrected chi connectivity index (χ4v) is 3.74. The maximum atomic E-state index is 12.3. The molecule has 1 amide bonds. The number of halogens is 1. The first-order chi connectivity index (χ1) is 15.0. The molecule has 0 aliphatic heterocycles. The van der Waals surface area contributed by atoms with Gasteiger partial charge in [-0.05, 0) is 35.0 Å². The number of rotatable bonds is 6. The number of benzene rings is 3. The van der Waals surface area contributed by atoms with Crippen LogP contribution in [0.2, 0.25) is 5.02 Å². The minimum Gasteiger partial charge on any atom is -0.465 e. The van der Waals surface area contributed by atoms with Crippen LogP contribution in [0, 0.1) is 0 Å². The summed E-state index contributed by atoms with van der Waals surface area (Å²) in [6.07, 6.45) is 0. The van der Waals surface area contributed by atoms with Crippen LogP contribution in [-0.2, 0) is 9.53 Å². The normalized spacial score (nSPS) is 10.8. The van der Waals surface area contributed by atoms with Crippen LogP contribution in [0.5, 0.6) is 0 Å².